The molecule has 5 amide bonds. The van der Waals surface area contributed by atoms with Crippen LogP contribution in [0.1, 0.15) is 41.7 Å². The largest absolute Gasteiger partial charge is 0.497 e. The molecule has 3 rings (SSSR count). The molecule has 1 aliphatic rings. The van der Waals surface area contributed by atoms with E-state index in [4.69, 9.17) is 4.74 Å². The lowest BCUT2D eigenvalue weighted by Gasteiger charge is -2.40. The second-order valence-electron chi connectivity index (χ2n) is 6.87. The van der Waals surface area contributed by atoms with Crippen molar-refractivity contribution in [2.45, 2.75) is 25.8 Å². The number of ether oxygens (including phenoxy) is 1. The summed E-state index contributed by atoms with van der Waals surface area (Å²) in [6.45, 7) is 1.81. The Hall–Kier alpha value is -3.75. The maximum Gasteiger partial charge on any atom is 0.328 e. The molecular formula is C21H22N4O5. The maximum absolute atomic E-state index is 13.0. The highest BCUT2D eigenvalue weighted by Crippen LogP contribution is 2.40. The van der Waals surface area contributed by atoms with Crippen molar-refractivity contribution in [3.63, 3.8) is 0 Å². The van der Waals surface area contributed by atoms with Gasteiger partial charge < -0.3 is 10.1 Å². The van der Waals surface area contributed by atoms with Crippen molar-refractivity contribution >= 4 is 23.8 Å². The Morgan fingerprint density at radius 1 is 1.07 bits per heavy atom. The Morgan fingerprint density at radius 3 is 2.20 bits per heavy atom. The molecule has 2 heterocycles. The monoisotopic (exact) mass is 410 g/mol. The molecule has 1 saturated heterocycles. The number of barbiturate groups is 1. The molecule has 30 heavy (non-hydrogen) atoms. The van der Waals surface area contributed by atoms with Crippen molar-refractivity contribution in [1.82, 2.24) is 20.9 Å². The SMILES string of the molecule is CCCC1(C(NC(=O)c2ccc(OC)cc2)c2ccncc2)C(=O)NC(=O)NC1=O. The smallest absolute Gasteiger partial charge is 0.328 e. The van der Waals surface area contributed by atoms with Crippen molar-refractivity contribution in [3.8, 4) is 5.75 Å². The summed E-state index contributed by atoms with van der Waals surface area (Å²) in [6.07, 6.45) is 3.60. The van der Waals surface area contributed by atoms with Gasteiger partial charge >= 0.3 is 6.03 Å². The molecule has 0 radical (unpaired) electrons. The van der Waals surface area contributed by atoms with Crippen LogP contribution in [0, 0.1) is 5.41 Å². The number of imide groups is 2. The van der Waals surface area contributed by atoms with Crippen molar-refractivity contribution in [2.75, 3.05) is 7.11 Å². The van der Waals surface area contributed by atoms with Gasteiger partial charge in [-0.05, 0) is 48.4 Å². The number of hydrogen-bond donors (Lipinski definition) is 3. The molecule has 156 valence electrons. The fourth-order valence-electron chi connectivity index (χ4n) is 3.60. The van der Waals surface area contributed by atoms with Crippen LogP contribution in [-0.2, 0) is 9.59 Å². The lowest BCUT2D eigenvalue weighted by Crippen LogP contribution is -2.66. The van der Waals surface area contributed by atoms with E-state index in [1.54, 1.807) is 36.4 Å². The molecule has 0 bridgehead atoms. The third kappa shape index (κ3) is 3.86. The first-order chi connectivity index (χ1) is 14.4. The van der Waals surface area contributed by atoms with Crippen LogP contribution in [0.5, 0.6) is 5.75 Å². The number of urea groups is 1. The van der Waals surface area contributed by atoms with Crippen LogP contribution < -0.4 is 20.7 Å². The number of aromatic nitrogens is 1. The summed E-state index contributed by atoms with van der Waals surface area (Å²) in [5.74, 6) is -1.40. The number of benzene rings is 1. The van der Waals surface area contributed by atoms with Crippen LogP contribution in [0.2, 0.25) is 0 Å². The lowest BCUT2D eigenvalue weighted by atomic mass is 9.71. The number of nitrogens with zero attached hydrogens (tertiary/aromatic N) is 1. The minimum atomic E-state index is -1.70. The van der Waals surface area contributed by atoms with E-state index >= 15 is 0 Å². The zero-order chi connectivity index (χ0) is 21.7. The molecule has 1 aromatic heterocycles. The first-order valence-electron chi connectivity index (χ1n) is 9.44. The van der Waals surface area contributed by atoms with Gasteiger partial charge in [0.25, 0.3) is 5.91 Å². The first kappa shape index (κ1) is 21.0. The Labute approximate surface area is 173 Å². The van der Waals surface area contributed by atoms with E-state index in [1.807, 2.05) is 6.92 Å². The third-order valence-corrected chi connectivity index (χ3v) is 5.07. The van der Waals surface area contributed by atoms with E-state index in [9.17, 15) is 19.2 Å². The molecule has 9 heteroatoms. The third-order valence-electron chi connectivity index (χ3n) is 5.07. The Morgan fingerprint density at radius 2 is 1.67 bits per heavy atom. The second kappa shape index (κ2) is 8.73. The van der Waals surface area contributed by atoms with E-state index < -0.39 is 35.2 Å². The summed E-state index contributed by atoms with van der Waals surface area (Å²) in [5.41, 5.74) is -0.860. The average Bonchev–Trinajstić information content (AvgIpc) is 2.75. The quantitative estimate of drug-likeness (QED) is 0.597. The van der Waals surface area contributed by atoms with Crippen molar-refractivity contribution in [3.05, 3.63) is 59.9 Å². The van der Waals surface area contributed by atoms with Gasteiger partial charge in [-0.2, -0.15) is 0 Å². The average molecular weight is 410 g/mol. The summed E-state index contributed by atoms with van der Waals surface area (Å²) >= 11 is 0. The van der Waals surface area contributed by atoms with Gasteiger partial charge in [-0.15, -0.1) is 0 Å². The summed E-state index contributed by atoms with van der Waals surface area (Å²) in [7, 11) is 1.52. The molecule has 3 N–H and O–H groups in total. The Balaban J connectivity index is 2.05. The van der Waals surface area contributed by atoms with Crippen molar-refractivity contribution in [2.24, 2.45) is 5.41 Å². The van der Waals surface area contributed by atoms with Gasteiger partial charge in [-0.25, -0.2) is 4.79 Å². The van der Waals surface area contributed by atoms with Crippen LogP contribution >= 0.6 is 0 Å². The number of carbonyl (C=O) groups excluding carboxylic acids is 4. The maximum atomic E-state index is 13.0. The van der Waals surface area contributed by atoms with Gasteiger partial charge in [0.2, 0.25) is 11.8 Å². The van der Waals surface area contributed by atoms with Crippen LogP contribution in [-0.4, -0.2) is 35.8 Å². The molecule has 0 saturated carbocycles. The normalized spacial score (nSPS) is 16.3. The summed E-state index contributed by atoms with van der Waals surface area (Å²) in [5, 5.41) is 7.16. The summed E-state index contributed by atoms with van der Waals surface area (Å²) < 4.78 is 5.10. The molecule has 0 spiro atoms. The number of nitrogens with one attached hydrogen (secondary N) is 3. The topological polar surface area (TPSA) is 126 Å². The fourth-order valence-corrected chi connectivity index (χ4v) is 3.60. The molecular weight excluding hydrogens is 388 g/mol. The van der Waals surface area contributed by atoms with Crippen LogP contribution in [0.4, 0.5) is 4.79 Å². The highest BCUT2D eigenvalue weighted by molar-refractivity contribution is 6.20. The van der Waals surface area contributed by atoms with Crippen LogP contribution in [0.3, 0.4) is 0 Å². The van der Waals surface area contributed by atoms with Gasteiger partial charge in [0.15, 0.2) is 5.41 Å². The van der Waals surface area contributed by atoms with Crippen LogP contribution in [0.25, 0.3) is 0 Å². The highest BCUT2D eigenvalue weighted by Gasteiger charge is 2.56. The summed E-state index contributed by atoms with van der Waals surface area (Å²) in [6, 6.07) is 7.76. The number of pyridine rings is 1. The number of amides is 5. The van der Waals surface area contributed by atoms with E-state index in [0.29, 0.717) is 23.3 Å². The molecule has 1 fully saturated rings. The number of rotatable bonds is 7. The highest BCUT2D eigenvalue weighted by atomic mass is 16.5. The van der Waals surface area contributed by atoms with E-state index in [-0.39, 0.29) is 6.42 Å². The molecule has 1 unspecified atom stereocenters. The predicted molar refractivity (Wildman–Crippen MR) is 106 cm³/mol. The zero-order valence-electron chi connectivity index (χ0n) is 16.6. The number of hydrogen-bond acceptors (Lipinski definition) is 6. The predicted octanol–water partition coefficient (Wildman–Crippen LogP) is 1.71. The first-order valence-corrected chi connectivity index (χ1v) is 9.44. The van der Waals surface area contributed by atoms with Gasteiger partial charge in [-0.3, -0.25) is 30.0 Å². The minimum Gasteiger partial charge on any atom is -0.497 e. The Kier molecular flexibility index (Phi) is 6.10. The minimum absolute atomic E-state index is 0.119. The lowest BCUT2D eigenvalue weighted by molar-refractivity contribution is -0.147. The van der Waals surface area contributed by atoms with Crippen molar-refractivity contribution < 1.29 is 23.9 Å². The number of methoxy groups -OCH3 is 1. The van der Waals surface area contributed by atoms with Crippen LogP contribution in [0.15, 0.2) is 48.8 Å². The molecule has 0 aliphatic carbocycles. The van der Waals surface area contributed by atoms with E-state index in [2.05, 4.69) is 20.9 Å². The summed E-state index contributed by atoms with van der Waals surface area (Å²) in [4.78, 5) is 54.6. The Bertz CT molecular complexity index is 939. The fraction of sp³-hybridized carbons (Fsp3) is 0.286. The van der Waals surface area contributed by atoms with Crippen molar-refractivity contribution in [1.29, 1.82) is 0 Å². The molecule has 2 aromatic rings. The second-order valence-corrected chi connectivity index (χ2v) is 6.87. The molecule has 1 aromatic carbocycles. The van der Waals surface area contributed by atoms with Gasteiger partial charge in [0.1, 0.15) is 5.75 Å². The van der Waals surface area contributed by atoms with Gasteiger partial charge in [0.05, 0.1) is 13.2 Å². The van der Waals surface area contributed by atoms with E-state index in [0.717, 1.165) is 0 Å². The van der Waals surface area contributed by atoms with Gasteiger partial charge in [0, 0.05) is 18.0 Å². The zero-order valence-corrected chi connectivity index (χ0v) is 16.6. The number of carbonyl (C=O) groups is 4. The standard InChI is InChI=1S/C21H22N4O5/c1-3-10-21(18(27)24-20(29)25-19(21)28)16(13-8-11-22-12-9-13)23-17(26)14-4-6-15(30-2)7-5-14/h4-9,11-12,16H,3,10H2,1-2H3,(H,23,26)(H2,24,25,27,28,29). The van der Waals surface area contributed by atoms with Gasteiger partial charge in [-0.1, -0.05) is 13.3 Å². The molecule has 9 nitrogen and oxygen atoms in total. The van der Waals surface area contributed by atoms with E-state index in [1.165, 1.54) is 19.5 Å². The molecule has 1 aliphatic heterocycles. The molecule has 1 atom stereocenters.